The molecule has 2 rings (SSSR count). The van der Waals surface area contributed by atoms with Crippen molar-refractivity contribution in [3.05, 3.63) is 34.6 Å². The molecular weight excluding hydrogens is 307 g/mol. The van der Waals surface area contributed by atoms with Gasteiger partial charge in [-0.1, -0.05) is 11.6 Å². The number of halogens is 2. The van der Waals surface area contributed by atoms with Crippen LogP contribution in [-0.4, -0.2) is 30.2 Å². The maximum absolute atomic E-state index is 14.4. The van der Waals surface area contributed by atoms with Gasteiger partial charge in [-0.05, 0) is 51.3 Å². The van der Waals surface area contributed by atoms with Crippen LogP contribution in [0.4, 0.5) is 9.18 Å². The summed E-state index contributed by atoms with van der Waals surface area (Å²) in [6, 6.07) is 4.43. The van der Waals surface area contributed by atoms with Gasteiger partial charge in [-0.15, -0.1) is 0 Å². The van der Waals surface area contributed by atoms with Crippen molar-refractivity contribution >= 4 is 17.7 Å². The Morgan fingerprint density at radius 2 is 2.14 bits per heavy atom. The van der Waals surface area contributed by atoms with Crippen LogP contribution in [0.2, 0.25) is 5.02 Å². The van der Waals surface area contributed by atoms with Crippen LogP contribution in [0.15, 0.2) is 18.2 Å². The van der Waals surface area contributed by atoms with E-state index in [4.69, 9.17) is 22.1 Å². The number of nitrogens with zero attached hydrogens (tertiary/aromatic N) is 1. The maximum atomic E-state index is 14.4. The Bertz CT molecular complexity index is 568. The maximum Gasteiger partial charge on any atom is 0.410 e. The lowest BCUT2D eigenvalue weighted by molar-refractivity contribution is -0.0000496. The van der Waals surface area contributed by atoms with Gasteiger partial charge in [0.1, 0.15) is 5.82 Å². The second-order valence-corrected chi connectivity index (χ2v) is 6.99. The van der Waals surface area contributed by atoms with E-state index in [0.717, 1.165) is 6.42 Å². The molecule has 0 heterocycles. The first-order chi connectivity index (χ1) is 10.2. The van der Waals surface area contributed by atoms with Gasteiger partial charge in [0.25, 0.3) is 0 Å². The number of hydrogen-bond donors (Lipinski definition) is 1. The summed E-state index contributed by atoms with van der Waals surface area (Å²) in [7, 11) is 1.32. The third kappa shape index (κ3) is 3.20. The van der Waals surface area contributed by atoms with Gasteiger partial charge in [-0.25, -0.2) is 9.18 Å². The Morgan fingerprint density at radius 3 is 2.59 bits per heavy atom. The van der Waals surface area contributed by atoms with Gasteiger partial charge in [0.2, 0.25) is 0 Å². The Kier molecular flexibility index (Phi) is 4.68. The van der Waals surface area contributed by atoms with Gasteiger partial charge in [-0.3, -0.25) is 4.90 Å². The minimum atomic E-state index is -0.737. The molecule has 22 heavy (non-hydrogen) atoms. The van der Waals surface area contributed by atoms with Crippen LogP contribution in [0.5, 0.6) is 0 Å². The summed E-state index contributed by atoms with van der Waals surface area (Å²) in [6.07, 6.45) is 1.73. The Labute approximate surface area is 135 Å². The molecule has 0 atom stereocenters. The van der Waals surface area contributed by atoms with Crippen LogP contribution in [0.3, 0.4) is 0 Å². The number of carbonyl (C=O) groups is 1. The molecule has 1 aliphatic carbocycles. The molecule has 0 unspecified atom stereocenters. The fraction of sp³-hybridized carbons (Fsp3) is 0.562. The highest BCUT2D eigenvalue weighted by Crippen LogP contribution is 2.48. The third-order valence-corrected chi connectivity index (χ3v) is 4.32. The van der Waals surface area contributed by atoms with Gasteiger partial charge in [0.05, 0.1) is 12.6 Å². The van der Waals surface area contributed by atoms with Crippen molar-refractivity contribution < 1.29 is 13.9 Å². The fourth-order valence-corrected chi connectivity index (χ4v) is 3.13. The van der Waals surface area contributed by atoms with E-state index in [-0.39, 0.29) is 12.4 Å². The number of ether oxygens (including phenoxy) is 1. The van der Waals surface area contributed by atoms with Crippen molar-refractivity contribution in [1.29, 1.82) is 0 Å². The molecule has 1 fully saturated rings. The van der Waals surface area contributed by atoms with E-state index in [1.165, 1.54) is 19.2 Å². The minimum Gasteiger partial charge on any atom is -0.453 e. The van der Waals surface area contributed by atoms with Crippen LogP contribution in [0.25, 0.3) is 0 Å². The van der Waals surface area contributed by atoms with E-state index in [0.29, 0.717) is 23.4 Å². The van der Waals surface area contributed by atoms with E-state index in [9.17, 15) is 9.18 Å². The largest absolute Gasteiger partial charge is 0.453 e. The van der Waals surface area contributed by atoms with E-state index in [2.05, 4.69) is 0 Å². The first-order valence-corrected chi connectivity index (χ1v) is 7.67. The van der Waals surface area contributed by atoms with Crippen LogP contribution >= 0.6 is 11.6 Å². The monoisotopic (exact) mass is 328 g/mol. The van der Waals surface area contributed by atoms with E-state index >= 15 is 0 Å². The summed E-state index contributed by atoms with van der Waals surface area (Å²) < 4.78 is 19.3. The van der Waals surface area contributed by atoms with Crippen molar-refractivity contribution in [2.24, 2.45) is 5.73 Å². The van der Waals surface area contributed by atoms with Crippen molar-refractivity contribution in [3.8, 4) is 0 Å². The smallest absolute Gasteiger partial charge is 0.410 e. The lowest BCUT2D eigenvalue weighted by atomic mass is 9.70. The predicted molar refractivity (Wildman–Crippen MR) is 84.3 cm³/mol. The van der Waals surface area contributed by atoms with Gasteiger partial charge < -0.3 is 10.5 Å². The fourth-order valence-electron chi connectivity index (χ4n) is 2.96. The highest BCUT2D eigenvalue weighted by molar-refractivity contribution is 6.30. The van der Waals surface area contributed by atoms with Crippen molar-refractivity contribution in [1.82, 2.24) is 4.90 Å². The highest BCUT2D eigenvalue weighted by Gasteiger charge is 2.49. The summed E-state index contributed by atoms with van der Waals surface area (Å²) in [6.45, 7) is 3.92. The highest BCUT2D eigenvalue weighted by atomic mass is 35.5. The topological polar surface area (TPSA) is 55.6 Å². The molecule has 1 aliphatic rings. The molecule has 0 radical (unpaired) electrons. The summed E-state index contributed by atoms with van der Waals surface area (Å²) in [5.74, 6) is -0.368. The lowest BCUT2D eigenvalue weighted by Gasteiger charge is -2.51. The summed E-state index contributed by atoms with van der Waals surface area (Å²) in [5, 5.41) is 0.444. The van der Waals surface area contributed by atoms with Crippen molar-refractivity contribution in [3.63, 3.8) is 0 Å². The van der Waals surface area contributed by atoms with Crippen LogP contribution in [-0.2, 0) is 10.3 Å². The quantitative estimate of drug-likeness (QED) is 0.917. The molecule has 122 valence electrons. The van der Waals surface area contributed by atoms with E-state index < -0.39 is 17.2 Å². The van der Waals surface area contributed by atoms with Gasteiger partial charge in [0.15, 0.2) is 0 Å². The minimum absolute atomic E-state index is 0.269. The first-order valence-electron chi connectivity index (χ1n) is 7.30. The molecule has 1 aromatic rings. The molecular formula is C16H22ClFN2O2. The van der Waals surface area contributed by atoms with Crippen LogP contribution in [0.1, 0.15) is 38.7 Å². The Balaban J connectivity index is 2.49. The van der Waals surface area contributed by atoms with Crippen LogP contribution < -0.4 is 5.73 Å². The molecule has 0 saturated heterocycles. The molecule has 0 bridgehead atoms. The molecule has 6 heteroatoms. The average molecular weight is 329 g/mol. The zero-order chi connectivity index (χ0) is 16.5. The zero-order valence-corrected chi connectivity index (χ0v) is 13.9. The first kappa shape index (κ1) is 17.0. The second-order valence-electron chi connectivity index (χ2n) is 6.55. The third-order valence-electron chi connectivity index (χ3n) is 4.09. The number of rotatable bonds is 4. The average Bonchev–Trinajstić information content (AvgIpc) is 2.38. The van der Waals surface area contributed by atoms with E-state index in [1.807, 2.05) is 13.8 Å². The molecule has 0 spiro atoms. The van der Waals surface area contributed by atoms with Crippen molar-refractivity contribution in [2.75, 3.05) is 13.7 Å². The summed E-state index contributed by atoms with van der Waals surface area (Å²) >= 11 is 6.03. The summed E-state index contributed by atoms with van der Waals surface area (Å²) in [5.41, 5.74) is 5.16. The molecule has 4 nitrogen and oxygen atoms in total. The molecule has 2 N–H and O–H groups in total. The number of benzene rings is 1. The Morgan fingerprint density at radius 1 is 1.50 bits per heavy atom. The van der Waals surface area contributed by atoms with Crippen LogP contribution in [0, 0.1) is 5.82 Å². The SMILES string of the molecule is COC(=O)N(CC(C)(C)N)C1(c2cc(Cl)ccc2F)CCC1. The van der Waals surface area contributed by atoms with Gasteiger partial charge >= 0.3 is 6.09 Å². The number of amides is 1. The number of methoxy groups -OCH3 is 1. The predicted octanol–water partition coefficient (Wildman–Crippen LogP) is 3.66. The van der Waals surface area contributed by atoms with Gasteiger partial charge in [0, 0.05) is 22.7 Å². The summed E-state index contributed by atoms with van der Waals surface area (Å²) in [4.78, 5) is 13.8. The molecule has 0 aliphatic heterocycles. The number of nitrogens with two attached hydrogens (primary N) is 1. The normalized spacial score (nSPS) is 16.8. The molecule has 1 amide bonds. The molecule has 1 aromatic carbocycles. The number of carbonyl (C=O) groups excluding carboxylic acids is 1. The zero-order valence-electron chi connectivity index (χ0n) is 13.2. The van der Waals surface area contributed by atoms with Crippen molar-refractivity contribution in [2.45, 2.75) is 44.2 Å². The Hall–Kier alpha value is -1.33. The number of hydrogen-bond acceptors (Lipinski definition) is 3. The molecule has 1 saturated carbocycles. The second kappa shape index (κ2) is 6.05. The van der Waals surface area contributed by atoms with Gasteiger partial charge in [-0.2, -0.15) is 0 Å². The molecule has 0 aromatic heterocycles. The standard InChI is InChI=1S/C16H22ClFN2O2/c1-15(2,19)10-20(14(21)22-3)16(7-4-8-16)12-9-11(17)5-6-13(12)18/h5-6,9H,4,7-8,10,19H2,1-3H3. The van der Waals surface area contributed by atoms with E-state index in [1.54, 1.807) is 11.0 Å². The lowest BCUT2D eigenvalue weighted by Crippen LogP contribution is -2.59.